The van der Waals surface area contributed by atoms with Crippen molar-refractivity contribution < 1.29 is 4.79 Å². The van der Waals surface area contributed by atoms with E-state index >= 15 is 0 Å². The molecule has 1 N–H and O–H groups in total. The van der Waals surface area contributed by atoms with Crippen LogP contribution in [0.25, 0.3) is 0 Å². The van der Waals surface area contributed by atoms with Gasteiger partial charge in [-0.3, -0.25) is 4.79 Å². The molecular formula is C17H18INO. The van der Waals surface area contributed by atoms with Gasteiger partial charge in [-0.2, -0.15) is 0 Å². The Morgan fingerprint density at radius 3 is 2.30 bits per heavy atom. The Kier molecular flexibility index (Phi) is 4.81. The summed E-state index contributed by atoms with van der Waals surface area (Å²) in [7, 11) is 0. The van der Waals surface area contributed by atoms with Crippen molar-refractivity contribution in [2.24, 2.45) is 0 Å². The van der Waals surface area contributed by atoms with Crippen LogP contribution in [0.5, 0.6) is 0 Å². The van der Waals surface area contributed by atoms with Crippen LogP contribution in [0.4, 0.5) is 5.69 Å². The normalized spacial score (nSPS) is 10.7. The minimum absolute atomic E-state index is 0.0695. The molecule has 0 bridgehead atoms. The second-order valence-electron chi connectivity index (χ2n) is 5.19. The summed E-state index contributed by atoms with van der Waals surface area (Å²) < 4.78 is 1.15. The first kappa shape index (κ1) is 15.0. The molecule has 0 heterocycles. The molecule has 20 heavy (non-hydrogen) atoms. The maximum atomic E-state index is 12.2. The molecule has 0 spiro atoms. The van der Waals surface area contributed by atoms with Crippen LogP contribution in [0.3, 0.4) is 0 Å². The molecule has 104 valence electrons. The minimum atomic E-state index is -0.0695. The number of benzene rings is 2. The number of anilines is 1. The fourth-order valence-corrected chi connectivity index (χ4v) is 2.41. The molecule has 0 atom stereocenters. The highest BCUT2D eigenvalue weighted by molar-refractivity contribution is 14.1. The Morgan fingerprint density at radius 1 is 1.10 bits per heavy atom. The molecule has 3 heteroatoms. The van der Waals surface area contributed by atoms with Gasteiger partial charge in [0.15, 0.2) is 0 Å². The van der Waals surface area contributed by atoms with E-state index in [9.17, 15) is 4.79 Å². The van der Waals surface area contributed by atoms with E-state index in [4.69, 9.17) is 0 Å². The molecule has 0 aliphatic heterocycles. The third kappa shape index (κ3) is 3.60. The molecule has 0 aromatic heterocycles. The monoisotopic (exact) mass is 379 g/mol. The van der Waals surface area contributed by atoms with Gasteiger partial charge >= 0.3 is 0 Å². The Balaban J connectivity index is 2.13. The highest BCUT2D eigenvalue weighted by Gasteiger charge is 2.07. The average Bonchev–Trinajstić information content (AvgIpc) is 2.43. The molecule has 0 saturated carbocycles. The van der Waals surface area contributed by atoms with Gasteiger partial charge in [-0.05, 0) is 70.8 Å². The van der Waals surface area contributed by atoms with E-state index in [2.05, 4.69) is 48.7 Å². The van der Waals surface area contributed by atoms with E-state index < -0.39 is 0 Å². The second kappa shape index (κ2) is 6.39. The number of rotatable bonds is 3. The first-order chi connectivity index (χ1) is 9.47. The second-order valence-corrected chi connectivity index (χ2v) is 6.36. The zero-order valence-electron chi connectivity index (χ0n) is 11.9. The lowest BCUT2D eigenvalue weighted by Crippen LogP contribution is -2.12. The number of nitrogens with one attached hydrogen (secondary N) is 1. The van der Waals surface area contributed by atoms with Crippen molar-refractivity contribution in [2.45, 2.75) is 26.7 Å². The lowest BCUT2D eigenvalue weighted by Gasteiger charge is -2.09. The van der Waals surface area contributed by atoms with E-state index in [0.717, 1.165) is 9.26 Å². The van der Waals surface area contributed by atoms with Crippen molar-refractivity contribution in [2.75, 3.05) is 5.32 Å². The van der Waals surface area contributed by atoms with Crippen LogP contribution in [0.2, 0.25) is 0 Å². The van der Waals surface area contributed by atoms with Crippen LogP contribution < -0.4 is 5.32 Å². The quantitative estimate of drug-likeness (QED) is 0.750. The molecule has 0 radical (unpaired) electrons. The van der Waals surface area contributed by atoms with Crippen molar-refractivity contribution in [3.63, 3.8) is 0 Å². The number of carbonyl (C=O) groups is 1. The summed E-state index contributed by atoms with van der Waals surface area (Å²) in [4.78, 5) is 12.2. The Hall–Kier alpha value is -1.36. The minimum Gasteiger partial charge on any atom is -0.322 e. The van der Waals surface area contributed by atoms with Crippen LogP contribution in [-0.2, 0) is 0 Å². The number of amides is 1. The summed E-state index contributed by atoms with van der Waals surface area (Å²) in [5.74, 6) is 0.408. The lowest BCUT2D eigenvalue weighted by atomic mass is 10.0. The van der Waals surface area contributed by atoms with Gasteiger partial charge in [-0.25, -0.2) is 0 Å². The third-order valence-electron chi connectivity index (χ3n) is 3.27. The molecular weight excluding hydrogens is 361 g/mol. The molecule has 2 nitrogen and oxygen atoms in total. The number of halogens is 1. The van der Waals surface area contributed by atoms with Crippen molar-refractivity contribution in [3.8, 4) is 0 Å². The number of aryl methyl sites for hydroxylation is 1. The largest absolute Gasteiger partial charge is 0.322 e. The topological polar surface area (TPSA) is 29.1 Å². The van der Waals surface area contributed by atoms with E-state index in [-0.39, 0.29) is 5.91 Å². The van der Waals surface area contributed by atoms with Crippen molar-refractivity contribution in [1.29, 1.82) is 0 Å². The summed E-state index contributed by atoms with van der Waals surface area (Å²) in [5, 5.41) is 2.93. The first-order valence-electron chi connectivity index (χ1n) is 6.65. The van der Waals surface area contributed by atoms with Crippen molar-refractivity contribution >= 4 is 34.2 Å². The Bertz CT molecular complexity index is 617. The highest BCUT2D eigenvalue weighted by Crippen LogP contribution is 2.19. The van der Waals surface area contributed by atoms with Gasteiger partial charge in [0.2, 0.25) is 0 Å². The van der Waals surface area contributed by atoms with Crippen LogP contribution in [0.1, 0.15) is 41.3 Å². The van der Waals surface area contributed by atoms with E-state index in [0.29, 0.717) is 11.5 Å². The molecule has 0 aliphatic carbocycles. The molecule has 2 rings (SSSR count). The zero-order chi connectivity index (χ0) is 14.7. The highest BCUT2D eigenvalue weighted by atomic mass is 127. The summed E-state index contributed by atoms with van der Waals surface area (Å²) in [6, 6.07) is 13.7. The van der Waals surface area contributed by atoms with Crippen molar-refractivity contribution in [1.82, 2.24) is 0 Å². The number of hydrogen-bond donors (Lipinski definition) is 1. The fourth-order valence-electron chi connectivity index (χ4n) is 1.89. The molecule has 0 fully saturated rings. The van der Waals surface area contributed by atoms with E-state index in [1.54, 1.807) is 0 Å². The Labute approximate surface area is 133 Å². The number of carbonyl (C=O) groups excluding carboxylic acids is 1. The average molecular weight is 379 g/mol. The first-order valence-corrected chi connectivity index (χ1v) is 7.72. The maximum Gasteiger partial charge on any atom is 0.255 e. The van der Waals surface area contributed by atoms with Gasteiger partial charge in [-0.1, -0.05) is 32.0 Å². The smallest absolute Gasteiger partial charge is 0.255 e. The van der Waals surface area contributed by atoms with Crippen molar-refractivity contribution in [3.05, 3.63) is 62.7 Å². The van der Waals surface area contributed by atoms with Gasteiger partial charge in [0.1, 0.15) is 0 Å². The van der Waals surface area contributed by atoms with Crippen LogP contribution in [0, 0.1) is 10.5 Å². The Morgan fingerprint density at radius 2 is 1.75 bits per heavy atom. The van der Waals surface area contributed by atoms with Gasteiger partial charge in [0.25, 0.3) is 5.91 Å². The predicted molar refractivity (Wildman–Crippen MR) is 92.4 cm³/mol. The lowest BCUT2D eigenvalue weighted by molar-refractivity contribution is 0.102. The summed E-state index contributed by atoms with van der Waals surface area (Å²) in [6.45, 7) is 6.34. The van der Waals surface area contributed by atoms with Crippen LogP contribution in [0.15, 0.2) is 42.5 Å². The molecule has 0 aliphatic rings. The van der Waals surface area contributed by atoms with Gasteiger partial charge < -0.3 is 5.32 Å². The molecule has 1 amide bonds. The van der Waals surface area contributed by atoms with Gasteiger partial charge in [0.05, 0.1) is 0 Å². The fraction of sp³-hybridized carbons (Fsp3) is 0.235. The van der Waals surface area contributed by atoms with Crippen LogP contribution in [-0.4, -0.2) is 5.91 Å². The summed E-state index contributed by atoms with van der Waals surface area (Å²) >= 11 is 2.27. The molecule has 0 saturated heterocycles. The standard InChI is InChI=1S/C17H18INO/c1-11(2)13-5-7-14(8-6-13)17(20)19-15-9-4-12(3)16(18)10-15/h4-11H,1-3H3,(H,19,20). The molecule has 2 aromatic rings. The molecule has 2 aromatic carbocycles. The summed E-state index contributed by atoms with van der Waals surface area (Å²) in [6.07, 6.45) is 0. The number of hydrogen-bond acceptors (Lipinski definition) is 1. The SMILES string of the molecule is Cc1ccc(NC(=O)c2ccc(C(C)C)cc2)cc1I. The van der Waals surface area contributed by atoms with Gasteiger partial charge in [0, 0.05) is 14.8 Å². The predicted octanol–water partition coefficient (Wildman–Crippen LogP) is 4.98. The van der Waals surface area contributed by atoms with Gasteiger partial charge in [-0.15, -0.1) is 0 Å². The summed E-state index contributed by atoms with van der Waals surface area (Å²) in [5.41, 5.74) is 3.97. The van der Waals surface area contributed by atoms with E-state index in [1.807, 2.05) is 42.5 Å². The zero-order valence-corrected chi connectivity index (χ0v) is 14.1. The molecule has 0 unspecified atom stereocenters. The van der Waals surface area contributed by atoms with E-state index in [1.165, 1.54) is 11.1 Å². The van der Waals surface area contributed by atoms with Crippen LogP contribution >= 0.6 is 22.6 Å². The maximum absolute atomic E-state index is 12.2. The third-order valence-corrected chi connectivity index (χ3v) is 4.43.